The van der Waals surface area contributed by atoms with Crippen LogP contribution < -0.4 is 5.32 Å². The smallest absolute Gasteiger partial charge is 0.00966 e. The van der Waals surface area contributed by atoms with Gasteiger partial charge in [-0.15, -0.1) is 11.3 Å². The highest BCUT2D eigenvalue weighted by molar-refractivity contribution is 7.09. The number of rotatable bonds is 4. The summed E-state index contributed by atoms with van der Waals surface area (Å²) in [6.07, 6.45) is 1.20. The second-order valence-corrected chi connectivity index (χ2v) is 6.05. The summed E-state index contributed by atoms with van der Waals surface area (Å²) >= 11 is 1.86. The molecule has 2 heteroatoms. The van der Waals surface area contributed by atoms with Gasteiger partial charge in [-0.3, -0.25) is 0 Å². The molecule has 1 heterocycles. The van der Waals surface area contributed by atoms with E-state index in [1.165, 1.54) is 11.3 Å². The molecule has 14 heavy (non-hydrogen) atoms. The third-order valence-corrected chi connectivity index (χ3v) is 3.01. The van der Waals surface area contributed by atoms with E-state index in [1.807, 2.05) is 11.3 Å². The molecule has 1 unspecified atom stereocenters. The minimum absolute atomic E-state index is 0.240. The monoisotopic (exact) mass is 211 g/mol. The van der Waals surface area contributed by atoms with Crippen LogP contribution in [0.5, 0.6) is 0 Å². The first-order chi connectivity index (χ1) is 6.47. The Kier molecular flexibility index (Phi) is 4.14. The van der Waals surface area contributed by atoms with Crippen molar-refractivity contribution in [2.75, 3.05) is 6.54 Å². The zero-order valence-corrected chi connectivity index (χ0v) is 10.4. The quantitative estimate of drug-likeness (QED) is 0.805. The summed E-state index contributed by atoms with van der Waals surface area (Å²) in [7, 11) is 0. The normalized spacial score (nSPS) is 14.3. The van der Waals surface area contributed by atoms with Crippen LogP contribution in [0, 0.1) is 5.92 Å². The summed E-state index contributed by atoms with van der Waals surface area (Å²) in [6, 6.07) is 4.35. The molecule has 1 rings (SSSR count). The first kappa shape index (κ1) is 11.7. The molecule has 0 fully saturated rings. The van der Waals surface area contributed by atoms with Crippen LogP contribution in [0.2, 0.25) is 0 Å². The van der Waals surface area contributed by atoms with Gasteiger partial charge < -0.3 is 5.32 Å². The van der Waals surface area contributed by atoms with Gasteiger partial charge in [-0.05, 0) is 51.1 Å². The van der Waals surface area contributed by atoms with Gasteiger partial charge in [0.25, 0.3) is 0 Å². The van der Waals surface area contributed by atoms with Gasteiger partial charge in [0.15, 0.2) is 0 Å². The van der Waals surface area contributed by atoms with E-state index in [1.54, 1.807) is 0 Å². The van der Waals surface area contributed by atoms with Crippen molar-refractivity contribution in [3.8, 4) is 0 Å². The van der Waals surface area contributed by atoms with E-state index in [4.69, 9.17) is 0 Å². The van der Waals surface area contributed by atoms with Crippen molar-refractivity contribution in [1.82, 2.24) is 5.32 Å². The lowest BCUT2D eigenvalue weighted by molar-refractivity contribution is 0.382. The van der Waals surface area contributed by atoms with Crippen LogP contribution >= 0.6 is 11.3 Å². The largest absolute Gasteiger partial charge is 0.312 e. The molecule has 1 nitrogen and oxygen atoms in total. The molecular formula is C12H21NS. The van der Waals surface area contributed by atoms with Crippen LogP contribution in [0.4, 0.5) is 0 Å². The van der Waals surface area contributed by atoms with Crippen LogP contribution in [0.15, 0.2) is 17.5 Å². The van der Waals surface area contributed by atoms with Gasteiger partial charge in [-0.1, -0.05) is 13.0 Å². The first-order valence-electron chi connectivity index (χ1n) is 5.25. The zero-order chi connectivity index (χ0) is 10.6. The summed E-state index contributed by atoms with van der Waals surface area (Å²) in [4.78, 5) is 1.49. The first-order valence-corrected chi connectivity index (χ1v) is 6.13. The van der Waals surface area contributed by atoms with Crippen molar-refractivity contribution in [3.63, 3.8) is 0 Å². The molecule has 0 saturated heterocycles. The molecule has 1 aromatic rings. The van der Waals surface area contributed by atoms with Crippen LogP contribution in [-0.4, -0.2) is 12.1 Å². The summed E-state index contributed by atoms with van der Waals surface area (Å²) in [5, 5.41) is 5.69. The molecule has 1 atom stereocenters. The van der Waals surface area contributed by atoms with Crippen molar-refractivity contribution in [2.24, 2.45) is 5.92 Å². The molecule has 1 N–H and O–H groups in total. The number of nitrogens with one attached hydrogen (secondary N) is 1. The van der Waals surface area contributed by atoms with E-state index in [2.05, 4.69) is 50.5 Å². The lowest BCUT2D eigenvalue weighted by atomic mass is 10.0. The number of thiophene rings is 1. The summed E-state index contributed by atoms with van der Waals surface area (Å²) in [5.41, 5.74) is 0.240. The standard InChI is InChI=1S/C12H21NS/c1-10(9-13-12(2,3)4)8-11-6-5-7-14-11/h5-7,10,13H,8-9H2,1-4H3. The molecule has 0 radical (unpaired) electrons. The van der Waals surface area contributed by atoms with Crippen LogP contribution in [0.3, 0.4) is 0 Å². The van der Waals surface area contributed by atoms with Crippen LogP contribution in [-0.2, 0) is 6.42 Å². The molecule has 1 aromatic heterocycles. The minimum atomic E-state index is 0.240. The van der Waals surface area contributed by atoms with Crippen molar-refractivity contribution in [2.45, 2.75) is 39.7 Å². The molecule has 80 valence electrons. The molecule has 0 bridgehead atoms. The predicted octanol–water partition coefficient (Wildman–Crippen LogP) is 3.31. The van der Waals surface area contributed by atoms with Crippen molar-refractivity contribution in [3.05, 3.63) is 22.4 Å². The molecular weight excluding hydrogens is 190 g/mol. The lowest BCUT2D eigenvalue weighted by Gasteiger charge is -2.23. The van der Waals surface area contributed by atoms with E-state index in [9.17, 15) is 0 Å². The maximum Gasteiger partial charge on any atom is 0.00966 e. The van der Waals surface area contributed by atoms with Gasteiger partial charge >= 0.3 is 0 Å². The molecule has 0 aromatic carbocycles. The van der Waals surface area contributed by atoms with E-state index < -0.39 is 0 Å². The molecule has 0 aliphatic carbocycles. The topological polar surface area (TPSA) is 12.0 Å². The Balaban J connectivity index is 2.26. The third-order valence-electron chi connectivity index (χ3n) is 2.11. The second-order valence-electron chi connectivity index (χ2n) is 5.02. The molecule has 0 amide bonds. The highest BCUT2D eigenvalue weighted by atomic mass is 32.1. The third kappa shape index (κ3) is 4.77. The second kappa shape index (κ2) is 4.94. The Labute approximate surface area is 91.5 Å². The minimum Gasteiger partial charge on any atom is -0.312 e. The fourth-order valence-electron chi connectivity index (χ4n) is 1.32. The van der Waals surface area contributed by atoms with E-state index in [0.717, 1.165) is 6.54 Å². The summed E-state index contributed by atoms with van der Waals surface area (Å²) in [5.74, 6) is 0.716. The molecule has 0 aliphatic rings. The highest BCUT2D eigenvalue weighted by Crippen LogP contribution is 2.14. The molecule has 0 spiro atoms. The number of hydrogen-bond acceptors (Lipinski definition) is 2. The fourth-order valence-corrected chi connectivity index (χ4v) is 2.19. The van der Waals surface area contributed by atoms with Gasteiger partial charge in [0.05, 0.1) is 0 Å². The lowest BCUT2D eigenvalue weighted by Crippen LogP contribution is -2.38. The molecule has 0 aliphatic heterocycles. The van der Waals surface area contributed by atoms with Crippen LogP contribution in [0.25, 0.3) is 0 Å². The van der Waals surface area contributed by atoms with E-state index >= 15 is 0 Å². The molecule has 0 saturated carbocycles. The maximum atomic E-state index is 3.54. The van der Waals surface area contributed by atoms with E-state index in [0.29, 0.717) is 5.92 Å². The number of hydrogen-bond donors (Lipinski definition) is 1. The summed E-state index contributed by atoms with van der Waals surface area (Å²) in [6.45, 7) is 10.0. The Morgan fingerprint density at radius 3 is 2.64 bits per heavy atom. The SMILES string of the molecule is CC(CNC(C)(C)C)Cc1cccs1. The van der Waals surface area contributed by atoms with Crippen LogP contribution in [0.1, 0.15) is 32.6 Å². The average Bonchev–Trinajstić information content (AvgIpc) is 2.52. The summed E-state index contributed by atoms with van der Waals surface area (Å²) < 4.78 is 0. The Bertz CT molecular complexity index is 246. The Morgan fingerprint density at radius 2 is 2.14 bits per heavy atom. The maximum absolute atomic E-state index is 3.54. The van der Waals surface area contributed by atoms with Gasteiger partial charge in [-0.2, -0.15) is 0 Å². The van der Waals surface area contributed by atoms with Gasteiger partial charge in [0, 0.05) is 10.4 Å². The zero-order valence-electron chi connectivity index (χ0n) is 9.63. The van der Waals surface area contributed by atoms with E-state index in [-0.39, 0.29) is 5.54 Å². The van der Waals surface area contributed by atoms with Gasteiger partial charge in [0.2, 0.25) is 0 Å². The van der Waals surface area contributed by atoms with Gasteiger partial charge in [0.1, 0.15) is 0 Å². The average molecular weight is 211 g/mol. The predicted molar refractivity (Wildman–Crippen MR) is 64.9 cm³/mol. The fraction of sp³-hybridized carbons (Fsp3) is 0.667. The van der Waals surface area contributed by atoms with Gasteiger partial charge in [-0.25, -0.2) is 0 Å². The Hall–Kier alpha value is -0.340. The van der Waals surface area contributed by atoms with Crippen molar-refractivity contribution < 1.29 is 0 Å². The van der Waals surface area contributed by atoms with Crippen molar-refractivity contribution in [1.29, 1.82) is 0 Å². The Morgan fingerprint density at radius 1 is 1.43 bits per heavy atom. The highest BCUT2D eigenvalue weighted by Gasteiger charge is 2.11. The van der Waals surface area contributed by atoms with Crippen molar-refractivity contribution >= 4 is 11.3 Å².